The number of amides is 1. The van der Waals surface area contributed by atoms with E-state index in [-0.39, 0.29) is 24.5 Å². The first-order valence-corrected chi connectivity index (χ1v) is 11.9. The predicted octanol–water partition coefficient (Wildman–Crippen LogP) is 6.27. The molecular weight excluding hydrogens is 448 g/mol. The topological polar surface area (TPSA) is 42.0 Å². The molecular formula is C28H31ClN2O3. The Balaban J connectivity index is 1.88. The summed E-state index contributed by atoms with van der Waals surface area (Å²) in [6, 6.07) is 19.4. The number of nitrogens with zero attached hydrogens (tertiary/aromatic N) is 2. The Morgan fingerprint density at radius 3 is 2.32 bits per heavy atom. The van der Waals surface area contributed by atoms with Crippen molar-refractivity contribution < 1.29 is 14.3 Å². The molecule has 0 radical (unpaired) electrons. The van der Waals surface area contributed by atoms with Crippen LogP contribution in [-0.2, 0) is 11.2 Å². The van der Waals surface area contributed by atoms with Gasteiger partial charge in [0, 0.05) is 30.5 Å². The largest absolute Gasteiger partial charge is 0.493 e. The summed E-state index contributed by atoms with van der Waals surface area (Å²) in [6.45, 7) is 4.13. The van der Waals surface area contributed by atoms with Crippen LogP contribution in [0, 0.1) is 0 Å². The number of anilines is 2. The molecule has 0 bridgehead atoms. The number of rotatable bonds is 7. The molecule has 5 nitrogen and oxygen atoms in total. The Morgan fingerprint density at radius 1 is 1.06 bits per heavy atom. The van der Waals surface area contributed by atoms with Gasteiger partial charge >= 0.3 is 0 Å². The van der Waals surface area contributed by atoms with E-state index in [0.717, 1.165) is 34.5 Å². The fraction of sp³-hybridized carbons (Fsp3) is 0.321. The van der Waals surface area contributed by atoms with Crippen molar-refractivity contribution in [2.75, 3.05) is 31.0 Å². The van der Waals surface area contributed by atoms with Gasteiger partial charge in [0.15, 0.2) is 11.5 Å². The van der Waals surface area contributed by atoms with Crippen molar-refractivity contribution in [3.05, 3.63) is 82.4 Å². The van der Waals surface area contributed by atoms with Gasteiger partial charge in [0.25, 0.3) is 0 Å². The third-order valence-electron chi connectivity index (χ3n) is 6.32. The first kappa shape index (κ1) is 24.0. The summed E-state index contributed by atoms with van der Waals surface area (Å²) in [4.78, 5) is 17.5. The zero-order valence-corrected chi connectivity index (χ0v) is 21.1. The average molecular weight is 479 g/mol. The molecule has 34 heavy (non-hydrogen) atoms. The van der Waals surface area contributed by atoms with E-state index in [1.807, 2.05) is 91.5 Å². The highest BCUT2D eigenvalue weighted by atomic mass is 35.5. The Morgan fingerprint density at radius 2 is 1.74 bits per heavy atom. The van der Waals surface area contributed by atoms with Gasteiger partial charge in [-0.3, -0.25) is 4.79 Å². The van der Waals surface area contributed by atoms with Gasteiger partial charge in [-0.15, -0.1) is 0 Å². The van der Waals surface area contributed by atoms with E-state index in [4.69, 9.17) is 21.1 Å². The molecule has 3 aromatic carbocycles. The Hall–Kier alpha value is -3.18. The van der Waals surface area contributed by atoms with Crippen LogP contribution >= 0.6 is 11.6 Å². The second-order valence-electron chi connectivity index (χ2n) is 8.84. The first-order valence-electron chi connectivity index (χ1n) is 11.5. The van der Waals surface area contributed by atoms with E-state index in [2.05, 4.69) is 6.92 Å². The summed E-state index contributed by atoms with van der Waals surface area (Å²) in [5.74, 6) is 1.36. The Labute approximate surface area is 206 Å². The lowest BCUT2D eigenvalue weighted by atomic mass is 9.86. The van der Waals surface area contributed by atoms with Gasteiger partial charge in [-0.05, 0) is 78.6 Å². The van der Waals surface area contributed by atoms with Gasteiger partial charge in [0.2, 0.25) is 5.91 Å². The van der Waals surface area contributed by atoms with Crippen LogP contribution in [0.25, 0.3) is 0 Å². The van der Waals surface area contributed by atoms with Crippen molar-refractivity contribution in [1.82, 2.24) is 0 Å². The van der Waals surface area contributed by atoms with Gasteiger partial charge in [-0.2, -0.15) is 0 Å². The molecule has 1 amide bonds. The van der Waals surface area contributed by atoms with Crippen molar-refractivity contribution in [2.45, 2.75) is 38.8 Å². The minimum atomic E-state index is -0.316. The van der Waals surface area contributed by atoms with Crippen LogP contribution in [0.3, 0.4) is 0 Å². The lowest BCUT2D eigenvalue weighted by Gasteiger charge is -2.38. The number of carbonyl (C=O) groups excluding carboxylic acids is 1. The van der Waals surface area contributed by atoms with Crippen LogP contribution < -0.4 is 19.3 Å². The molecule has 3 aromatic rings. The molecule has 1 aliphatic rings. The Kier molecular flexibility index (Phi) is 7.03. The highest BCUT2D eigenvalue weighted by Crippen LogP contribution is 2.44. The summed E-state index contributed by atoms with van der Waals surface area (Å²) in [6.07, 6.45) is 1.21. The molecule has 0 aromatic heterocycles. The maximum Gasteiger partial charge on any atom is 0.232 e. The fourth-order valence-corrected chi connectivity index (χ4v) is 4.41. The van der Waals surface area contributed by atoms with Crippen molar-refractivity contribution in [1.29, 1.82) is 0 Å². The van der Waals surface area contributed by atoms with Gasteiger partial charge < -0.3 is 19.3 Å². The maximum absolute atomic E-state index is 13.6. The van der Waals surface area contributed by atoms with E-state index in [9.17, 15) is 4.79 Å². The standard InChI is InChI=1S/C28H31ClN2O3/c1-6-18(2)34-26-17-24-20(15-25(26)33-5)16-27(32)31(23-13-11-22(12-14-23)30(3)4)28(24)19-7-9-21(29)10-8-19/h7-15,17-18,28H,6,16H2,1-5H3/t18-,28?/m0/s1. The average Bonchev–Trinajstić information content (AvgIpc) is 2.83. The molecule has 6 heteroatoms. The summed E-state index contributed by atoms with van der Waals surface area (Å²) in [7, 11) is 5.63. The van der Waals surface area contributed by atoms with Gasteiger partial charge in [0.1, 0.15) is 0 Å². The number of hydrogen-bond acceptors (Lipinski definition) is 4. The van der Waals surface area contributed by atoms with E-state index in [1.165, 1.54) is 0 Å². The van der Waals surface area contributed by atoms with Gasteiger partial charge in [-0.1, -0.05) is 30.7 Å². The van der Waals surface area contributed by atoms with Crippen LogP contribution in [0.15, 0.2) is 60.7 Å². The van der Waals surface area contributed by atoms with Crippen molar-refractivity contribution in [2.24, 2.45) is 0 Å². The maximum atomic E-state index is 13.6. The summed E-state index contributed by atoms with van der Waals surface area (Å²) < 4.78 is 11.8. The van der Waals surface area contributed by atoms with E-state index in [1.54, 1.807) is 7.11 Å². The molecule has 0 aliphatic carbocycles. The second kappa shape index (κ2) is 9.98. The van der Waals surface area contributed by atoms with E-state index in [0.29, 0.717) is 16.5 Å². The number of methoxy groups -OCH3 is 1. The number of benzene rings is 3. The smallest absolute Gasteiger partial charge is 0.232 e. The molecule has 4 rings (SSSR count). The lowest BCUT2D eigenvalue weighted by molar-refractivity contribution is -0.118. The van der Waals surface area contributed by atoms with Crippen molar-refractivity contribution in [3.8, 4) is 11.5 Å². The zero-order chi connectivity index (χ0) is 24.4. The molecule has 1 aliphatic heterocycles. The summed E-state index contributed by atoms with van der Waals surface area (Å²) in [5.41, 5.74) is 4.87. The molecule has 1 heterocycles. The quantitative estimate of drug-likeness (QED) is 0.401. The highest BCUT2D eigenvalue weighted by Gasteiger charge is 2.36. The minimum Gasteiger partial charge on any atom is -0.493 e. The fourth-order valence-electron chi connectivity index (χ4n) is 4.29. The van der Waals surface area contributed by atoms with Crippen LogP contribution in [0.2, 0.25) is 5.02 Å². The number of ether oxygens (including phenoxy) is 2. The molecule has 0 saturated heterocycles. The van der Waals surface area contributed by atoms with E-state index >= 15 is 0 Å². The first-order chi connectivity index (χ1) is 16.3. The van der Waals surface area contributed by atoms with Gasteiger partial charge in [-0.25, -0.2) is 0 Å². The molecule has 0 spiro atoms. The normalized spacial score (nSPS) is 16.1. The van der Waals surface area contributed by atoms with E-state index < -0.39 is 0 Å². The van der Waals surface area contributed by atoms with Crippen LogP contribution in [0.1, 0.15) is 43.0 Å². The minimum absolute atomic E-state index is 0.0303. The highest BCUT2D eigenvalue weighted by molar-refractivity contribution is 6.30. The molecule has 0 saturated carbocycles. The summed E-state index contributed by atoms with van der Waals surface area (Å²) in [5, 5.41) is 0.656. The molecule has 0 N–H and O–H groups in total. The third-order valence-corrected chi connectivity index (χ3v) is 6.57. The number of halogens is 1. The number of fused-ring (bicyclic) bond motifs is 1. The Bertz CT molecular complexity index is 1160. The summed E-state index contributed by atoms with van der Waals surface area (Å²) >= 11 is 6.20. The van der Waals surface area contributed by atoms with Crippen LogP contribution in [0.5, 0.6) is 11.5 Å². The number of carbonyl (C=O) groups is 1. The molecule has 0 fully saturated rings. The third kappa shape index (κ3) is 4.71. The predicted molar refractivity (Wildman–Crippen MR) is 139 cm³/mol. The van der Waals surface area contributed by atoms with Crippen molar-refractivity contribution in [3.63, 3.8) is 0 Å². The van der Waals surface area contributed by atoms with Crippen LogP contribution in [0.4, 0.5) is 11.4 Å². The second-order valence-corrected chi connectivity index (χ2v) is 9.28. The molecule has 2 atom stereocenters. The van der Waals surface area contributed by atoms with Crippen LogP contribution in [-0.4, -0.2) is 33.2 Å². The van der Waals surface area contributed by atoms with Gasteiger partial charge in [0.05, 0.1) is 25.7 Å². The molecule has 1 unspecified atom stereocenters. The van der Waals surface area contributed by atoms with Crippen molar-refractivity contribution >= 4 is 28.9 Å². The SMILES string of the molecule is CC[C@H](C)Oc1cc2c(cc1OC)CC(=O)N(c1ccc(N(C)C)cc1)C2c1ccc(Cl)cc1. The zero-order valence-electron chi connectivity index (χ0n) is 20.3. The number of hydrogen-bond donors (Lipinski definition) is 0. The lowest BCUT2D eigenvalue weighted by Crippen LogP contribution is -2.41. The molecule has 178 valence electrons. The monoisotopic (exact) mass is 478 g/mol.